The fourth-order valence-electron chi connectivity index (χ4n) is 0.757. The quantitative estimate of drug-likeness (QED) is 0.714. The van der Waals surface area contributed by atoms with Gasteiger partial charge in [0.2, 0.25) is 0 Å². The van der Waals surface area contributed by atoms with Crippen LogP contribution in [0.5, 0.6) is 0 Å². The molecule has 1 atom stereocenters. The molecule has 0 N–H and O–H groups in total. The van der Waals surface area contributed by atoms with Crippen LogP contribution in [-0.2, 0) is 0 Å². The van der Waals surface area contributed by atoms with E-state index in [4.69, 9.17) is 0 Å². The van der Waals surface area contributed by atoms with Gasteiger partial charge in [-0.05, 0) is 5.92 Å². The van der Waals surface area contributed by atoms with E-state index in [0.29, 0.717) is 0 Å². The van der Waals surface area contributed by atoms with E-state index in [9.17, 15) is 0 Å². The number of hydrogen-bond acceptors (Lipinski definition) is 0. The minimum atomic E-state index is 0. The average Bonchev–Trinajstić information content (AvgIpc) is 1.83. The Morgan fingerprint density at radius 1 is 1.10 bits per heavy atom. The highest BCUT2D eigenvalue weighted by atomic mass is 79.9. The molecule has 0 aromatic rings. The highest BCUT2D eigenvalue weighted by Crippen LogP contribution is 2.09. The van der Waals surface area contributed by atoms with E-state index < -0.39 is 0 Å². The van der Waals surface area contributed by atoms with Gasteiger partial charge in [-0.3, -0.25) is 0 Å². The molecule has 2 heteroatoms. The Morgan fingerprint density at radius 2 is 1.60 bits per heavy atom. The molecule has 0 spiro atoms. The van der Waals surface area contributed by atoms with Crippen LogP contribution < -0.4 is 0 Å². The molecule has 66 valence electrons. The van der Waals surface area contributed by atoms with E-state index in [1.807, 2.05) is 0 Å². The van der Waals surface area contributed by atoms with Crippen LogP contribution in [-0.4, -0.2) is 0 Å². The van der Waals surface area contributed by atoms with Crippen LogP contribution in [0.15, 0.2) is 0 Å². The van der Waals surface area contributed by atoms with Gasteiger partial charge in [0.05, 0.1) is 0 Å². The topological polar surface area (TPSA) is 0 Å². The molecular formula is C8H20Br2. The summed E-state index contributed by atoms with van der Waals surface area (Å²) in [4.78, 5) is 0. The minimum absolute atomic E-state index is 0. The first-order chi connectivity index (χ1) is 3.81. The van der Waals surface area contributed by atoms with Crippen LogP contribution in [0.4, 0.5) is 0 Å². The third-order valence-corrected chi connectivity index (χ3v) is 1.75. The van der Waals surface area contributed by atoms with Crippen molar-refractivity contribution in [1.82, 2.24) is 0 Å². The summed E-state index contributed by atoms with van der Waals surface area (Å²) < 4.78 is 0. The Hall–Kier alpha value is 0.960. The molecule has 0 rings (SSSR count). The van der Waals surface area contributed by atoms with E-state index >= 15 is 0 Å². The molecule has 0 bridgehead atoms. The van der Waals surface area contributed by atoms with Gasteiger partial charge in [-0.2, -0.15) is 0 Å². The lowest BCUT2D eigenvalue weighted by atomic mass is 10.0. The molecule has 0 aromatic heterocycles. The van der Waals surface area contributed by atoms with Crippen LogP contribution in [0.25, 0.3) is 0 Å². The van der Waals surface area contributed by atoms with Crippen LogP contribution in [0.3, 0.4) is 0 Å². The number of hydrogen-bond donors (Lipinski definition) is 0. The van der Waals surface area contributed by atoms with Crippen molar-refractivity contribution >= 4 is 34.0 Å². The molecule has 0 aliphatic heterocycles. The normalized spacial score (nSPS) is 11.1. The zero-order valence-corrected chi connectivity index (χ0v) is 10.6. The van der Waals surface area contributed by atoms with Crippen molar-refractivity contribution in [3.63, 3.8) is 0 Å². The molecule has 0 amide bonds. The Bertz CT molecular complexity index is 46.5. The molecule has 0 aliphatic carbocycles. The van der Waals surface area contributed by atoms with E-state index in [-0.39, 0.29) is 34.0 Å². The molecule has 1 unspecified atom stereocenters. The molecular weight excluding hydrogens is 256 g/mol. The van der Waals surface area contributed by atoms with Crippen molar-refractivity contribution in [1.29, 1.82) is 0 Å². The molecule has 0 nitrogen and oxygen atoms in total. The van der Waals surface area contributed by atoms with Gasteiger partial charge in [0, 0.05) is 0 Å². The molecule has 0 aromatic carbocycles. The van der Waals surface area contributed by atoms with Crippen LogP contribution in [0, 0.1) is 5.92 Å². The summed E-state index contributed by atoms with van der Waals surface area (Å²) in [6.45, 7) is 6.85. The highest BCUT2D eigenvalue weighted by Gasteiger charge is 1.94. The molecule has 0 heterocycles. The second-order valence-electron chi connectivity index (χ2n) is 2.66. The molecule has 0 saturated heterocycles. The third-order valence-electron chi connectivity index (χ3n) is 1.75. The summed E-state index contributed by atoms with van der Waals surface area (Å²) >= 11 is 0. The van der Waals surface area contributed by atoms with Gasteiger partial charge in [-0.15, -0.1) is 34.0 Å². The van der Waals surface area contributed by atoms with E-state index in [1.54, 1.807) is 0 Å². The predicted molar refractivity (Wildman–Crippen MR) is 59.6 cm³/mol. The van der Waals surface area contributed by atoms with E-state index in [2.05, 4.69) is 20.8 Å². The summed E-state index contributed by atoms with van der Waals surface area (Å²) in [5.41, 5.74) is 0. The number of halogens is 2. The zero-order valence-electron chi connectivity index (χ0n) is 7.22. The molecule has 0 radical (unpaired) electrons. The van der Waals surface area contributed by atoms with Crippen LogP contribution in [0.2, 0.25) is 0 Å². The van der Waals surface area contributed by atoms with Crippen LogP contribution in [0.1, 0.15) is 46.5 Å². The average molecular weight is 276 g/mol. The SMILES string of the molecule is Br.Br.CCCCC(C)CC. The monoisotopic (exact) mass is 274 g/mol. The van der Waals surface area contributed by atoms with Gasteiger partial charge in [-0.25, -0.2) is 0 Å². The van der Waals surface area contributed by atoms with Crippen LogP contribution >= 0.6 is 34.0 Å². The van der Waals surface area contributed by atoms with Gasteiger partial charge >= 0.3 is 0 Å². The molecule has 0 saturated carbocycles. The Kier molecular flexibility index (Phi) is 21.7. The highest BCUT2D eigenvalue weighted by molar-refractivity contribution is 8.93. The van der Waals surface area contributed by atoms with Gasteiger partial charge in [0.25, 0.3) is 0 Å². The maximum absolute atomic E-state index is 2.33. The van der Waals surface area contributed by atoms with Crippen molar-refractivity contribution in [3.8, 4) is 0 Å². The second-order valence-corrected chi connectivity index (χ2v) is 2.66. The standard InChI is InChI=1S/C8H18.2BrH/c1-4-6-7-8(3)5-2;;/h8H,4-7H2,1-3H3;2*1H. The first-order valence-electron chi connectivity index (χ1n) is 3.81. The first-order valence-corrected chi connectivity index (χ1v) is 3.81. The van der Waals surface area contributed by atoms with Gasteiger partial charge in [0.15, 0.2) is 0 Å². The lowest BCUT2D eigenvalue weighted by Gasteiger charge is -2.04. The third kappa shape index (κ3) is 11.7. The molecule has 10 heavy (non-hydrogen) atoms. The van der Waals surface area contributed by atoms with Gasteiger partial charge in [-0.1, -0.05) is 46.5 Å². The first kappa shape index (κ1) is 17.2. The van der Waals surface area contributed by atoms with Gasteiger partial charge < -0.3 is 0 Å². The van der Waals surface area contributed by atoms with Crippen molar-refractivity contribution < 1.29 is 0 Å². The Labute approximate surface area is 86.3 Å². The Morgan fingerprint density at radius 3 is 1.90 bits per heavy atom. The fraction of sp³-hybridized carbons (Fsp3) is 1.00. The predicted octanol–water partition coefficient (Wildman–Crippen LogP) is 4.38. The summed E-state index contributed by atoms with van der Waals surface area (Å²) in [7, 11) is 0. The summed E-state index contributed by atoms with van der Waals surface area (Å²) in [6, 6.07) is 0. The van der Waals surface area contributed by atoms with Gasteiger partial charge in [0.1, 0.15) is 0 Å². The lowest BCUT2D eigenvalue weighted by molar-refractivity contribution is 0.492. The summed E-state index contributed by atoms with van der Waals surface area (Å²) in [5, 5.41) is 0. The van der Waals surface area contributed by atoms with Crippen molar-refractivity contribution in [2.24, 2.45) is 5.92 Å². The van der Waals surface area contributed by atoms with E-state index in [1.165, 1.54) is 25.7 Å². The smallest absolute Gasteiger partial charge is 0.0445 e. The summed E-state index contributed by atoms with van der Waals surface area (Å²) in [5.74, 6) is 0.954. The largest absolute Gasteiger partial charge is 0.114 e. The molecule has 0 aliphatic rings. The second kappa shape index (κ2) is 12.6. The minimum Gasteiger partial charge on any atom is -0.114 e. The Balaban J connectivity index is -0.000000245. The van der Waals surface area contributed by atoms with Crippen molar-refractivity contribution in [2.75, 3.05) is 0 Å². The zero-order chi connectivity index (χ0) is 6.41. The molecule has 0 fully saturated rings. The van der Waals surface area contributed by atoms with Crippen molar-refractivity contribution in [3.05, 3.63) is 0 Å². The number of unbranched alkanes of at least 4 members (excludes halogenated alkanes) is 1. The van der Waals surface area contributed by atoms with Crippen molar-refractivity contribution in [2.45, 2.75) is 46.5 Å². The maximum Gasteiger partial charge on any atom is -0.0445 e. The fourth-order valence-corrected chi connectivity index (χ4v) is 0.757. The maximum atomic E-state index is 2.33. The number of rotatable bonds is 4. The van der Waals surface area contributed by atoms with E-state index in [0.717, 1.165) is 5.92 Å². The lowest BCUT2D eigenvalue weighted by Crippen LogP contribution is -1.89. The summed E-state index contributed by atoms with van der Waals surface area (Å²) in [6.07, 6.45) is 5.53.